The minimum absolute atomic E-state index is 0. The van der Waals surface area contributed by atoms with Crippen LogP contribution >= 0.6 is 0 Å². The van der Waals surface area contributed by atoms with E-state index in [2.05, 4.69) is 57.2 Å². The van der Waals surface area contributed by atoms with E-state index in [1.807, 2.05) is 0 Å². The van der Waals surface area contributed by atoms with Crippen LogP contribution in [0.5, 0.6) is 0 Å². The molecule has 0 aliphatic heterocycles. The van der Waals surface area contributed by atoms with Crippen LogP contribution in [0.2, 0.25) is 0 Å². The maximum absolute atomic E-state index is 10.2. The summed E-state index contributed by atoms with van der Waals surface area (Å²) in [6.07, 6.45) is 71.5. The van der Waals surface area contributed by atoms with Crippen LogP contribution in [0.1, 0.15) is 329 Å². The predicted molar refractivity (Wildman–Crippen MR) is 281 cm³/mol. The molecule has 0 fully saturated rings. The summed E-state index contributed by atoms with van der Waals surface area (Å²) in [6, 6.07) is 0. The number of aliphatic carboxylic acids is 3. The molecule has 0 aliphatic rings. The number of unbranched alkanes of at least 4 members (excludes halogenated alkanes) is 39. The molecule has 0 amide bonds. The van der Waals surface area contributed by atoms with Crippen LogP contribution in [-0.4, -0.2) is 17.9 Å². The van der Waals surface area contributed by atoms with Gasteiger partial charge in [-0.2, -0.15) is 0 Å². The number of hydrogen-bond acceptors (Lipinski definition) is 6. The Labute approximate surface area is 445 Å². The molecule has 0 saturated heterocycles. The molecular weight excluding hydrogens is 956 g/mol. The van der Waals surface area contributed by atoms with Crippen LogP contribution < -0.4 is 15.3 Å². The van der Waals surface area contributed by atoms with Crippen LogP contribution in [0.15, 0.2) is 36.5 Å². The third-order valence-electron chi connectivity index (χ3n) is 12.4. The van der Waals surface area contributed by atoms with Gasteiger partial charge in [-0.25, -0.2) is 0 Å². The molecule has 0 N–H and O–H groups in total. The van der Waals surface area contributed by atoms with Crippen LogP contribution in [0.25, 0.3) is 0 Å². The second kappa shape index (κ2) is 69.1. The summed E-state index contributed by atoms with van der Waals surface area (Å²) in [7, 11) is 0. The Balaban J connectivity index is -0.000000441. The Morgan fingerprint density at radius 1 is 0.239 bits per heavy atom. The minimum atomic E-state index is -0.909. The van der Waals surface area contributed by atoms with Crippen molar-refractivity contribution in [1.82, 2.24) is 0 Å². The van der Waals surface area contributed by atoms with E-state index in [1.165, 1.54) is 250 Å². The van der Waals surface area contributed by atoms with Gasteiger partial charge in [-0.05, 0) is 116 Å². The summed E-state index contributed by atoms with van der Waals surface area (Å²) in [5.74, 6) is -2.73. The number of carboxylic acids is 3. The number of carbonyl (C=O) groups excluding carboxylic acids is 3. The fraction of sp³-hybridized carbons (Fsp3) is 0.850. The molecule has 67 heavy (non-hydrogen) atoms. The molecule has 0 unspecified atom stereocenters. The van der Waals surface area contributed by atoms with E-state index in [0.717, 1.165) is 38.5 Å². The van der Waals surface area contributed by atoms with E-state index in [9.17, 15) is 29.7 Å². The van der Waals surface area contributed by atoms with Crippen molar-refractivity contribution in [2.75, 3.05) is 0 Å². The quantitative estimate of drug-likeness (QED) is 0.0442. The van der Waals surface area contributed by atoms with Crippen molar-refractivity contribution < 1.29 is 65.3 Å². The summed E-state index contributed by atoms with van der Waals surface area (Å²) < 4.78 is 0. The van der Waals surface area contributed by atoms with Crippen molar-refractivity contribution in [2.24, 2.45) is 0 Å². The van der Waals surface area contributed by atoms with Gasteiger partial charge in [-0.1, -0.05) is 250 Å². The third kappa shape index (κ3) is 82.1. The third-order valence-corrected chi connectivity index (χ3v) is 12.4. The van der Waals surface area contributed by atoms with Crippen LogP contribution in [0, 0.1) is 35.6 Å². The zero-order valence-corrected chi connectivity index (χ0v) is 48.6. The van der Waals surface area contributed by atoms with Crippen molar-refractivity contribution in [1.29, 1.82) is 0 Å². The first kappa shape index (κ1) is 72.4. The molecule has 0 bridgehead atoms. The first-order valence-electron chi connectivity index (χ1n) is 28.9. The molecule has 0 saturated carbocycles. The maximum atomic E-state index is 10.2. The Hall–Kier alpha value is -1.18. The Kier molecular flexibility index (Phi) is 74.6. The second-order valence-corrected chi connectivity index (χ2v) is 19.2. The number of rotatable bonds is 51. The zero-order valence-electron chi connectivity index (χ0n) is 44.9. The van der Waals surface area contributed by atoms with Gasteiger partial charge < -0.3 is 29.7 Å². The molecule has 390 valence electrons. The average molecular weight is 1070 g/mol. The van der Waals surface area contributed by atoms with E-state index >= 15 is 0 Å². The smallest absolute Gasteiger partial charge is 0.550 e. The fourth-order valence-corrected chi connectivity index (χ4v) is 8.08. The van der Waals surface area contributed by atoms with E-state index in [-0.39, 0.29) is 54.9 Å². The molecule has 0 aromatic rings. The van der Waals surface area contributed by atoms with Crippen molar-refractivity contribution in [3.63, 3.8) is 0 Å². The molecule has 0 spiro atoms. The SMILES string of the molecule is CCCCCCCC/C=C\CCCCCCCCCC(=O)[O-].CCCCCCCC/C=C\CCCCCCCCCC(=O)[O-].CCCCCCCC/C=C\CCCCCCCCCC(=O)[O-].[La+3]. The van der Waals surface area contributed by atoms with E-state index in [1.54, 1.807) is 0 Å². The van der Waals surface area contributed by atoms with Gasteiger partial charge in [0, 0.05) is 17.9 Å². The standard InChI is InChI=1S/3C20H38O2.La/c3*1-2-3-4-5-6-7-8-9-10-11-12-13-14-15-16-17-18-19-20(21)22;/h3*9-10H,2-8,11-19H2,1H3,(H,21,22);/q;;;+3/p-3/b3*10-9-;. The van der Waals surface area contributed by atoms with Crippen molar-refractivity contribution in [3.05, 3.63) is 36.5 Å². The minimum Gasteiger partial charge on any atom is -0.550 e. The predicted octanol–water partition coefficient (Wildman–Crippen LogP) is 16.7. The molecule has 6 nitrogen and oxygen atoms in total. The van der Waals surface area contributed by atoms with Gasteiger partial charge >= 0.3 is 35.6 Å². The number of allylic oxidation sites excluding steroid dienone is 6. The Morgan fingerprint density at radius 3 is 0.522 bits per heavy atom. The van der Waals surface area contributed by atoms with E-state index < -0.39 is 17.9 Å². The monoisotopic (exact) mass is 1070 g/mol. The fourth-order valence-electron chi connectivity index (χ4n) is 8.08. The number of carbonyl (C=O) groups is 3. The van der Waals surface area contributed by atoms with Crippen molar-refractivity contribution in [2.45, 2.75) is 329 Å². The first-order valence-corrected chi connectivity index (χ1v) is 28.9. The molecule has 0 atom stereocenters. The van der Waals surface area contributed by atoms with Crippen LogP contribution in [0.3, 0.4) is 0 Å². The molecule has 0 aliphatic carbocycles. The molecular formula is C60H111LaO6. The number of carboxylic acid groups (broad SMARTS) is 3. The van der Waals surface area contributed by atoms with Gasteiger partial charge in [0.1, 0.15) is 0 Å². The molecule has 0 radical (unpaired) electrons. The Bertz CT molecular complexity index is 911. The normalized spacial score (nSPS) is 11.1. The van der Waals surface area contributed by atoms with E-state index in [0.29, 0.717) is 0 Å². The van der Waals surface area contributed by atoms with Crippen molar-refractivity contribution in [3.8, 4) is 0 Å². The van der Waals surface area contributed by atoms with Gasteiger partial charge in [-0.3, -0.25) is 0 Å². The summed E-state index contributed by atoms with van der Waals surface area (Å²) in [5, 5.41) is 30.7. The molecule has 0 aromatic heterocycles. The maximum Gasteiger partial charge on any atom is 3.00 e. The van der Waals surface area contributed by atoms with Crippen LogP contribution in [-0.2, 0) is 14.4 Å². The topological polar surface area (TPSA) is 120 Å². The second-order valence-electron chi connectivity index (χ2n) is 19.2. The van der Waals surface area contributed by atoms with Gasteiger partial charge in [0.25, 0.3) is 0 Å². The molecule has 0 aromatic carbocycles. The first-order chi connectivity index (χ1) is 32.3. The number of hydrogen-bond donors (Lipinski definition) is 0. The van der Waals surface area contributed by atoms with Crippen LogP contribution in [0.4, 0.5) is 0 Å². The van der Waals surface area contributed by atoms with Gasteiger partial charge in [0.2, 0.25) is 0 Å². The largest absolute Gasteiger partial charge is 3.00 e. The molecule has 7 heteroatoms. The van der Waals surface area contributed by atoms with E-state index in [4.69, 9.17) is 0 Å². The van der Waals surface area contributed by atoms with Gasteiger partial charge in [-0.15, -0.1) is 0 Å². The average Bonchev–Trinajstić information content (AvgIpc) is 3.29. The zero-order chi connectivity index (χ0) is 48.9. The summed E-state index contributed by atoms with van der Waals surface area (Å²) in [4.78, 5) is 30.7. The molecule has 0 heterocycles. The van der Waals surface area contributed by atoms with Gasteiger partial charge in [0.15, 0.2) is 0 Å². The molecule has 0 rings (SSSR count). The summed E-state index contributed by atoms with van der Waals surface area (Å²) in [5.41, 5.74) is 0. The Morgan fingerprint density at radius 2 is 0.373 bits per heavy atom. The van der Waals surface area contributed by atoms with Gasteiger partial charge in [0.05, 0.1) is 0 Å². The summed E-state index contributed by atoms with van der Waals surface area (Å²) in [6.45, 7) is 6.79. The van der Waals surface area contributed by atoms with Crippen molar-refractivity contribution >= 4 is 17.9 Å². The summed E-state index contributed by atoms with van der Waals surface area (Å²) >= 11 is 0.